The Balaban J connectivity index is 1.68. The number of methoxy groups -OCH3 is 1. The van der Waals surface area contributed by atoms with Crippen molar-refractivity contribution in [3.63, 3.8) is 0 Å². The largest absolute Gasteiger partial charge is 0.496 e. The maximum Gasteiger partial charge on any atom is 0.274 e. The maximum absolute atomic E-state index is 13.8. The molecule has 0 spiro atoms. The second-order valence-electron chi connectivity index (χ2n) is 8.28. The van der Waals surface area contributed by atoms with Crippen LogP contribution in [-0.4, -0.2) is 30.5 Å². The molecule has 188 valence electrons. The monoisotopic (exact) mass is 539 g/mol. The van der Waals surface area contributed by atoms with Gasteiger partial charge in [-0.25, -0.2) is 17.5 Å². The van der Waals surface area contributed by atoms with Crippen LogP contribution >= 0.6 is 11.6 Å². The summed E-state index contributed by atoms with van der Waals surface area (Å²) in [4.78, 5) is 12.9. The van der Waals surface area contributed by atoms with E-state index in [1.165, 1.54) is 56.8 Å². The van der Waals surface area contributed by atoms with Crippen LogP contribution in [0.15, 0.2) is 81.1 Å². The topological polar surface area (TPSA) is 104 Å². The zero-order valence-corrected chi connectivity index (χ0v) is 21.2. The minimum Gasteiger partial charge on any atom is -0.496 e. The summed E-state index contributed by atoms with van der Waals surface area (Å²) in [6.07, 6.45) is 1.29. The van der Waals surface area contributed by atoms with Crippen molar-refractivity contribution in [3.05, 3.63) is 93.8 Å². The Morgan fingerprint density at radius 2 is 1.86 bits per heavy atom. The molecular formula is C26H19ClFN3O5S. The first-order chi connectivity index (χ1) is 17.7. The van der Waals surface area contributed by atoms with Gasteiger partial charge in [-0.3, -0.25) is 4.79 Å². The molecule has 0 N–H and O–H groups in total. The van der Waals surface area contributed by atoms with Crippen LogP contribution in [0.2, 0.25) is 5.02 Å². The van der Waals surface area contributed by atoms with Crippen molar-refractivity contribution in [2.24, 2.45) is 7.05 Å². The Labute approximate surface area is 215 Å². The van der Waals surface area contributed by atoms with E-state index < -0.39 is 21.2 Å². The summed E-state index contributed by atoms with van der Waals surface area (Å²) in [6.45, 7) is 0. The molecule has 5 aromatic rings. The number of aromatic nitrogens is 3. The smallest absolute Gasteiger partial charge is 0.274 e. The summed E-state index contributed by atoms with van der Waals surface area (Å²) in [5.41, 5.74) is 1.74. The van der Waals surface area contributed by atoms with Crippen molar-refractivity contribution in [3.8, 4) is 28.1 Å². The average molecular weight is 540 g/mol. The minimum absolute atomic E-state index is 0.0382. The van der Waals surface area contributed by atoms with Crippen molar-refractivity contribution >= 4 is 32.2 Å². The lowest BCUT2D eigenvalue weighted by Gasteiger charge is -2.15. The molecule has 3 aromatic carbocycles. The Morgan fingerprint density at radius 3 is 2.57 bits per heavy atom. The molecule has 11 heteroatoms. The molecule has 5 rings (SSSR count). The third-order valence-corrected chi connectivity index (χ3v) is 7.85. The summed E-state index contributed by atoms with van der Waals surface area (Å²) in [5.74, 6) is -0.395. The van der Waals surface area contributed by atoms with Gasteiger partial charge < -0.3 is 9.26 Å². The SMILES string of the molecule is COc1cc(-c2cccc(F)c2)c(Cl)cc1-c1nn(C)c(=O)c2cc(S(=O)(=O)Cc3ccon3)ccc12. The second kappa shape index (κ2) is 9.45. The highest BCUT2D eigenvalue weighted by atomic mass is 35.5. The fourth-order valence-electron chi connectivity index (χ4n) is 4.10. The fourth-order valence-corrected chi connectivity index (χ4v) is 5.65. The summed E-state index contributed by atoms with van der Waals surface area (Å²) in [5, 5.41) is 8.97. The highest BCUT2D eigenvalue weighted by Gasteiger charge is 2.22. The Hall–Kier alpha value is -4.02. The molecule has 0 aliphatic rings. The van der Waals surface area contributed by atoms with Crippen LogP contribution in [0.25, 0.3) is 33.2 Å². The first-order valence-electron chi connectivity index (χ1n) is 10.9. The van der Waals surface area contributed by atoms with Gasteiger partial charge in [-0.05, 0) is 42.0 Å². The van der Waals surface area contributed by atoms with Gasteiger partial charge in [0.05, 0.1) is 23.1 Å². The molecule has 0 amide bonds. The van der Waals surface area contributed by atoms with Gasteiger partial charge >= 0.3 is 0 Å². The van der Waals surface area contributed by atoms with Crippen molar-refractivity contribution in [2.75, 3.05) is 7.11 Å². The number of fused-ring (bicyclic) bond motifs is 1. The molecule has 0 aliphatic heterocycles. The van der Waals surface area contributed by atoms with Gasteiger partial charge in [0, 0.05) is 34.6 Å². The Kier molecular flexibility index (Phi) is 6.30. The first kappa shape index (κ1) is 24.7. The van der Waals surface area contributed by atoms with E-state index in [0.717, 1.165) is 4.68 Å². The van der Waals surface area contributed by atoms with Crippen LogP contribution in [0, 0.1) is 5.82 Å². The zero-order chi connectivity index (χ0) is 26.3. The molecule has 0 aliphatic carbocycles. The lowest BCUT2D eigenvalue weighted by molar-refractivity contribution is 0.413. The highest BCUT2D eigenvalue weighted by Crippen LogP contribution is 2.40. The molecule has 0 bridgehead atoms. The number of nitrogens with zero attached hydrogens (tertiary/aromatic N) is 3. The number of sulfone groups is 1. The van der Waals surface area contributed by atoms with Gasteiger partial charge in [0.15, 0.2) is 9.84 Å². The van der Waals surface area contributed by atoms with Gasteiger partial charge in [0.1, 0.15) is 29.3 Å². The molecule has 0 unspecified atom stereocenters. The van der Waals surface area contributed by atoms with E-state index in [0.29, 0.717) is 38.5 Å². The van der Waals surface area contributed by atoms with E-state index >= 15 is 0 Å². The molecule has 0 saturated carbocycles. The normalized spacial score (nSPS) is 11.7. The van der Waals surface area contributed by atoms with Gasteiger partial charge in [-0.2, -0.15) is 5.10 Å². The Morgan fingerprint density at radius 1 is 1.05 bits per heavy atom. The van der Waals surface area contributed by atoms with Crippen LogP contribution in [0.3, 0.4) is 0 Å². The average Bonchev–Trinajstić information content (AvgIpc) is 3.38. The van der Waals surface area contributed by atoms with E-state index in [4.69, 9.17) is 20.9 Å². The van der Waals surface area contributed by atoms with E-state index in [2.05, 4.69) is 10.3 Å². The van der Waals surface area contributed by atoms with Crippen LogP contribution in [0.1, 0.15) is 5.69 Å². The van der Waals surface area contributed by atoms with Crippen molar-refractivity contribution in [1.29, 1.82) is 0 Å². The molecular weight excluding hydrogens is 521 g/mol. The standard InChI is InChI=1S/C26H19ClFN3O5S/c1-31-26(32)21-11-18(37(33,34)14-17-8-9-36-30-17)6-7-19(21)25(29-31)22-12-23(27)20(13-24(22)35-2)15-4-3-5-16(28)10-15/h3-13H,14H2,1-2H3. The van der Waals surface area contributed by atoms with Crippen molar-refractivity contribution in [2.45, 2.75) is 10.6 Å². The predicted octanol–water partition coefficient (Wildman–Crippen LogP) is 5.03. The number of rotatable bonds is 6. The molecule has 2 heterocycles. The summed E-state index contributed by atoms with van der Waals surface area (Å²) in [6, 6.07) is 15.0. The van der Waals surface area contributed by atoms with Crippen LogP contribution < -0.4 is 10.3 Å². The summed E-state index contributed by atoms with van der Waals surface area (Å²) in [7, 11) is -0.866. The molecule has 2 aromatic heterocycles. The van der Waals surface area contributed by atoms with Crippen LogP contribution in [-0.2, 0) is 22.6 Å². The number of benzene rings is 3. The quantitative estimate of drug-likeness (QED) is 0.298. The molecule has 8 nitrogen and oxygen atoms in total. The summed E-state index contributed by atoms with van der Waals surface area (Å²) < 4.78 is 51.2. The third kappa shape index (κ3) is 4.61. The zero-order valence-electron chi connectivity index (χ0n) is 19.6. The summed E-state index contributed by atoms with van der Waals surface area (Å²) >= 11 is 6.60. The predicted molar refractivity (Wildman–Crippen MR) is 137 cm³/mol. The molecule has 0 radical (unpaired) electrons. The lowest BCUT2D eigenvalue weighted by atomic mass is 9.99. The second-order valence-corrected chi connectivity index (χ2v) is 10.7. The van der Waals surface area contributed by atoms with Gasteiger partial charge in [0.25, 0.3) is 5.56 Å². The van der Waals surface area contributed by atoms with Gasteiger partial charge in [0.2, 0.25) is 0 Å². The molecule has 0 saturated heterocycles. The highest BCUT2D eigenvalue weighted by molar-refractivity contribution is 7.90. The number of ether oxygens (including phenoxy) is 1. The van der Waals surface area contributed by atoms with Crippen molar-refractivity contribution in [1.82, 2.24) is 14.9 Å². The third-order valence-electron chi connectivity index (χ3n) is 5.89. The van der Waals surface area contributed by atoms with E-state index in [1.807, 2.05) is 0 Å². The number of halogens is 2. The van der Waals surface area contributed by atoms with E-state index in [-0.39, 0.29) is 21.7 Å². The molecule has 0 atom stereocenters. The fraction of sp³-hybridized carbons (Fsp3) is 0.115. The molecule has 37 heavy (non-hydrogen) atoms. The van der Waals surface area contributed by atoms with E-state index in [1.54, 1.807) is 24.3 Å². The maximum atomic E-state index is 13.8. The van der Waals surface area contributed by atoms with Crippen molar-refractivity contribution < 1.29 is 22.1 Å². The minimum atomic E-state index is -3.81. The number of hydrogen-bond donors (Lipinski definition) is 0. The van der Waals surface area contributed by atoms with Gasteiger partial charge in [-0.1, -0.05) is 35.0 Å². The first-order valence-corrected chi connectivity index (χ1v) is 13.0. The lowest BCUT2D eigenvalue weighted by Crippen LogP contribution is -2.21. The van der Waals surface area contributed by atoms with E-state index in [9.17, 15) is 17.6 Å². The van der Waals surface area contributed by atoms with Crippen LogP contribution in [0.4, 0.5) is 4.39 Å². The number of hydrogen-bond acceptors (Lipinski definition) is 7. The van der Waals surface area contributed by atoms with Crippen LogP contribution in [0.5, 0.6) is 5.75 Å². The Bertz CT molecular complexity index is 1820. The van der Waals surface area contributed by atoms with Gasteiger partial charge in [-0.15, -0.1) is 0 Å². The molecule has 0 fully saturated rings. The number of aryl methyl sites for hydroxylation is 1.